The Morgan fingerprint density at radius 1 is 0.865 bits per heavy atom. The third kappa shape index (κ3) is 10.9. The Morgan fingerprint density at radius 3 is 2.19 bits per heavy atom. The molecule has 52 heavy (non-hydrogen) atoms. The summed E-state index contributed by atoms with van der Waals surface area (Å²) in [5.41, 5.74) is 0. The van der Waals surface area contributed by atoms with Gasteiger partial charge in [-0.3, -0.25) is 9.59 Å². The smallest absolute Gasteiger partial charge is 0.471 e. The fraction of sp³-hybridized carbons (Fsp3) is 0.909. The van der Waals surface area contributed by atoms with Crippen LogP contribution in [0.1, 0.15) is 71.6 Å². The Balaban J connectivity index is 1.58. The highest BCUT2D eigenvalue weighted by atomic mass is 19.4. The summed E-state index contributed by atoms with van der Waals surface area (Å²) in [7, 11) is 0. The molecular formula is C33H53F3N2O14. The average molecular weight is 759 g/mol. The molecule has 5 unspecified atom stereocenters. The highest BCUT2D eigenvalue weighted by Gasteiger charge is 2.51. The number of carbonyl (C=O) groups is 3. The van der Waals surface area contributed by atoms with Crippen molar-refractivity contribution in [2.45, 2.75) is 157 Å². The van der Waals surface area contributed by atoms with Crippen LogP contribution in [0.2, 0.25) is 0 Å². The third-order valence-corrected chi connectivity index (χ3v) is 10.5. The second-order valence-electron chi connectivity index (χ2n) is 14.4. The highest BCUT2D eigenvalue weighted by molar-refractivity contribution is 5.87. The number of aliphatic carboxylic acids is 1. The monoisotopic (exact) mass is 758 g/mol. The summed E-state index contributed by atoms with van der Waals surface area (Å²) in [5, 5.41) is 66.2. The molecule has 300 valence electrons. The Labute approximate surface area is 299 Å². The zero-order valence-electron chi connectivity index (χ0n) is 29.2. The molecule has 2 aliphatic carbocycles. The van der Waals surface area contributed by atoms with E-state index in [-0.39, 0.29) is 24.9 Å². The summed E-state index contributed by atoms with van der Waals surface area (Å²) in [4.78, 5) is 36.9. The molecule has 4 rings (SSSR count). The van der Waals surface area contributed by atoms with Crippen molar-refractivity contribution >= 4 is 17.8 Å². The maximum atomic E-state index is 13.0. The molecule has 4 aliphatic rings. The molecule has 4 fully saturated rings. The third-order valence-electron chi connectivity index (χ3n) is 10.5. The van der Waals surface area contributed by atoms with E-state index in [9.17, 15) is 58.2 Å². The van der Waals surface area contributed by atoms with Crippen molar-refractivity contribution in [3.63, 3.8) is 0 Å². The number of ether oxygens (including phenoxy) is 5. The quantitative estimate of drug-likeness (QED) is 0.111. The first-order chi connectivity index (χ1) is 24.5. The van der Waals surface area contributed by atoms with E-state index >= 15 is 0 Å². The molecule has 2 amide bonds. The van der Waals surface area contributed by atoms with Crippen LogP contribution in [0.5, 0.6) is 0 Å². The predicted octanol–water partition coefficient (Wildman–Crippen LogP) is -0.503. The van der Waals surface area contributed by atoms with E-state index in [1.807, 2.05) is 6.92 Å². The lowest BCUT2D eigenvalue weighted by Gasteiger charge is -2.47. The standard InChI is InChI=1S/C33H53F3N2O14/c1-15-7-6-10-18(28(15)48-14-21-25(42)27(44)24(41)16(2)49-21)51-31-23(38-22(40)12-37-32(47)33(34,35)36)29(26(43)20(13-39)52-31)50-19(30(45)46)11-17-8-4-3-5-9-17/h15-21,23-29,31,39,41-44H,3-14H2,1-2H3,(H,37,47)(H,38,40)(H,45,46)/t15?,16?,18-,19+,20+,21+,23?,24-,25?,26+,27+,28-,29?,31-/m1/s1. The summed E-state index contributed by atoms with van der Waals surface area (Å²) in [6.07, 6.45) is -14.6. The molecule has 14 atom stereocenters. The molecule has 19 heteroatoms. The number of alkyl halides is 3. The van der Waals surface area contributed by atoms with Crippen LogP contribution >= 0.6 is 0 Å². The van der Waals surface area contributed by atoms with Gasteiger partial charge in [-0.25, -0.2) is 4.79 Å². The van der Waals surface area contributed by atoms with Crippen molar-refractivity contribution in [2.24, 2.45) is 11.8 Å². The zero-order chi connectivity index (χ0) is 38.3. The van der Waals surface area contributed by atoms with Crippen molar-refractivity contribution in [1.82, 2.24) is 10.6 Å². The SMILES string of the molecule is CC1O[C@@H](CO[C@@H]2C(C)CCC[C@H]2O[C@@H]2O[C@@H](CO)[C@H](O)C(O[C@@H](CC3CCCCC3)C(=O)O)C2NC(=O)CNC(=O)C(F)(F)F)C(O)[C@@H](O)[C@@H]1O. The largest absolute Gasteiger partial charge is 0.479 e. The fourth-order valence-electron chi connectivity index (χ4n) is 7.53. The molecule has 0 aromatic carbocycles. The number of hydrogen-bond acceptors (Lipinski definition) is 13. The van der Waals surface area contributed by atoms with Gasteiger partial charge in [0, 0.05) is 0 Å². The van der Waals surface area contributed by atoms with Crippen LogP contribution < -0.4 is 10.6 Å². The predicted molar refractivity (Wildman–Crippen MR) is 170 cm³/mol. The van der Waals surface area contributed by atoms with E-state index < -0.39 is 117 Å². The van der Waals surface area contributed by atoms with Gasteiger partial charge in [-0.2, -0.15) is 13.2 Å². The molecule has 0 aromatic rings. The minimum Gasteiger partial charge on any atom is -0.479 e. The van der Waals surface area contributed by atoms with E-state index in [0.717, 1.165) is 32.1 Å². The molecule has 2 aliphatic heterocycles. The van der Waals surface area contributed by atoms with Crippen molar-refractivity contribution < 1.29 is 81.9 Å². The fourth-order valence-corrected chi connectivity index (χ4v) is 7.53. The highest BCUT2D eigenvalue weighted by Crippen LogP contribution is 2.35. The van der Waals surface area contributed by atoms with Gasteiger partial charge >= 0.3 is 18.1 Å². The lowest BCUT2D eigenvalue weighted by Crippen LogP contribution is -2.67. The van der Waals surface area contributed by atoms with Gasteiger partial charge < -0.3 is 65.0 Å². The van der Waals surface area contributed by atoms with Gasteiger partial charge in [0.05, 0.1) is 38.1 Å². The van der Waals surface area contributed by atoms with Crippen LogP contribution in [0.3, 0.4) is 0 Å². The van der Waals surface area contributed by atoms with Gasteiger partial charge in [-0.05, 0) is 38.0 Å². The van der Waals surface area contributed by atoms with E-state index in [4.69, 9.17) is 23.7 Å². The van der Waals surface area contributed by atoms with Gasteiger partial charge in [-0.15, -0.1) is 0 Å². The zero-order valence-corrected chi connectivity index (χ0v) is 29.2. The first-order valence-corrected chi connectivity index (χ1v) is 18.0. The second kappa shape index (κ2) is 18.9. The van der Waals surface area contributed by atoms with Crippen molar-refractivity contribution in [3.05, 3.63) is 0 Å². The Morgan fingerprint density at radius 2 is 1.56 bits per heavy atom. The number of amides is 2. The van der Waals surface area contributed by atoms with Crippen molar-refractivity contribution in [3.8, 4) is 0 Å². The first-order valence-electron chi connectivity index (χ1n) is 18.0. The normalized spacial score (nSPS) is 38.3. The molecule has 16 nitrogen and oxygen atoms in total. The maximum Gasteiger partial charge on any atom is 0.471 e. The molecule has 2 heterocycles. The summed E-state index contributed by atoms with van der Waals surface area (Å²) >= 11 is 0. The van der Waals surface area contributed by atoms with Crippen molar-refractivity contribution in [1.29, 1.82) is 0 Å². The summed E-state index contributed by atoms with van der Waals surface area (Å²) in [6, 6.07) is -1.56. The molecule has 8 N–H and O–H groups in total. The van der Waals surface area contributed by atoms with Crippen LogP contribution in [0, 0.1) is 11.8 Å². The Bertz CT molecular complexity index is 1180. The number of halogens is 3. The molecule has 2 saturated heterocycles. The van der Waals surface area contributed by atoms with E-state index in [1.165, 1.54) is 12.2 Å². The average Bonchev–Trinajstić information content (AvgIpc) is 3.10. The van der Waals surface area contributed by atoms with Gasteiger partial charge in [-0.1, -0.05) is 45.4 Å². The number of carboxylic acids is 1. The van der Waals surface area contributed by atoms with E-state index in [0.29, 0.717) is 19.3 Å². The molecule has 0 aromatic heterocycles. The Kier molecular flexibility index (Phi) is 15.5. The van der Waals surface area contributed by atoms with Gasteiger partial charge in [0.25, 0.3) is 0 Å². The summed E-state index contributed by atoms with van der Waals surface area (Å²) < 4.78 is 68.6. The second-order valence-corrected chi connectivity index (χ2v) is 14.4. The van der Waals surface area contributed by atoms with Crippen LogP contribution in [-0.2, 0) is 38.1 Å². The number of rotatable bonds is 14. The lowest BCUT2D eigenvalue weighted by molar-refractivity contribution is -0.306. The minimum absolute atomic E-state index is 0.00111. The molecule has 0 spiro atoms. The minimum atomic E-state index is -5.27. The number of aliphatic hydroxyl groups excluding tert-OH is 5. The van der Waals surface area contributed by atoms with Crippen LogP contribution in [0.4, 0.5) is 13.2 Å². The number of hydrogen-bond donors (Lipinski definition) is 8. The maximum absolute atomic E-state index is 13.0. The number of carbonyl (C=O) groups excluding carboxylic acids is 2. The van der Waals surface area contributed by atoms with E-state index in [2.05, 4.69) is 5.32 Å². The van der Waals surface area contributed by atoms with Gasteiger partial charge in [0.1, 0.15) is 48.8 Å². The molecule has 0 radical (unpaired) electrons. The number of aliphatic hydroxyl groups is 5. The van der Waals surface area contributed by atoms with E-state index in [1.54, 1.807) is 0 Å². The van der Waals surface area contributed by atoms with Crippen LogP contribution in [0.15, 0.2) is 0 Å². The van der Waals surface area contributed by atoms with Crippen LogP contribution in [-0.4, -0.2) is 154 Å². The molecular weight excluding hydrogens is 705 g/mol. The molecule has 2 saturated carbocycles. The van der Waals surface area contributed by atoms with Crippen molar-refractivity contribution in [2.75, 3.05) is 19.8 Å². The number of nitrogens with one attached hydrogen (secondary N) is 2. The topological polar surface area (TPSA) is 243 Å². The number of carboxylic acid groups (broad SMARTS) is 1. The first kappa shape index (κ1) is 42.5. The van der Waals surface area contributed by atoms with Gasteiger partial charge in [0.15, 0.2) is 12.4 Å². The summed E-state index contributed by atoms with van der Waals surface area (Å²) in [6.45, 7) is 1.25. The lowest BCUT2D eigenvalue weighted by atomic mass is 9.85. The van der Waals surface area contributed by atoms with Gasteiger partial charge in [0.2, 0.25) is 5.91 Å². The van der Waals surface area contributed by atoms with Crippen LogP contribution in [0.25, 0.3) is 0 Å². The molecule has 0 bridgehead atoms. The Hall–Kier alpha value is -2.20. The summed E-state index contributed by atoms with van der Waals surface area (Å²) in [5.74, 6) is -5.05.